The van der Waals surface area contributed by atoms with Gasteiger partial charge in [0.05, 0.1) is 6.54 Å². The van der Waals surface area contributed by atoms with Crippen LogP contribution in [0.25, 0.3) is 0 Å². The molecule has 1 aromatic carbocycles. The van der Waals surface area contributed by atoms with E-state index >= 15 is 0 Å². The van der Waals surface area contributed by atoms with Crippen LogP contribution in [0.1, 0.15) is 17.2 Å². The number of hydrogen-bond donors (Lipinski definition) is 1. The van der Waals surface area contributed by atoms with Gasteiger partial charge >= 0.3 is 6.18 Å². The predicted molar refractivity (Wildman–Crippen MR) is 67.2 cm³/mol. The summed E-state index contributed by atoms with van der Waals surface area (Å²) in [6.45, 7) is 1.53. The van der Waals surface area contributed by atoms with Crippen LogP contribution in [0.3, 0.4) is 0 Å². The molecule has 0 atom stereocenters. The number of benzene rings is 1. The van der Waals surface area contributed by atoms with Crippen LogP contribution < -0.4 is 0 Å². The fraction of sp³-hybridized carbons (Fsp3) is 0.385. The molecule has 5 nitrogen and oxygen atoms in total. The number of aromatic hydroxyl groups is 1. The lowest BCUT2D eigenvalue weighted by Crippen LogP contribution is -2.34. The van der Waals surface area contributed by atoms with Crippen LogP contribution in [0.4, 0.5) is 13.2 Å². The first-order chi connectivity index (χ1) is 9.93. The highest BCUT2D eigenvalue weighted by atomic mass is 19.4. The van der Waals surface area contributed by atoms with Gasteiger partial charge in [-0.3, -0.25) is 4.90 Å². The number of halogens is 3. The third-order valence-electron chi connectivity index (χ3n) is 3.40. The summed E-state index contributed by atoms with van der Waals surface area (Å²) < 4.78 is 39.3. The third-order valence-corrected chi connectivity index (χ3v) is 3.40. The van der Waals surface area contributed by atoms with Gasteiger partial charge in [0.25, 0.3) is 0 Å². The molecule has 1 aliphatic heterocycles. The number of phenolic OH excluding ortho intramolecular Hbond substituents is 1. The van der Waals surface area contributed by atoms with Crippen molar-refractivity contribution in [3.05, 3.63) is 41.5 Å². The molecule has 0 spiro atoms. The second kappa shape index (κ2) is 5.03. The Labute approximate surface area is 118 Å². The van der Waals surface area contributed by atoms with Crippen molar-refractivity contribution < 1.29 is 18.3 Å². The molecular weight excluding hydrogens is 285 g/mol. The Hall–Kier alpha value is -2.09. The van der Waals surface area contributed by atoms with Crippen molar-refractivity contribution in [1.82, 2.24) is 19.7 Å². The third kappa shape index (κ3) is 2.85. The summed E-state index contributed by atoms with van der Waals surface area (Å²) >= 11 is 0. The van der Waals surface area contributed by atoms with E-state index in [4.69, 9.17) is 0 Å². The predicted octanol–water partition coefficient (Wildman–Crippen LogP) is 2.02. The molecule has 1 N–H and O–H groups in total. The van der Waals surface area contributed by atoms with E-state index in [-0.39, 0.29) is 12.3 Å². The second-order valence-electron chi connectivity index (χ2n) is 4.97. The van der Waals surface area contributed by atoms with Gasteiger partial charge in [0.15, 0.2) is 0 Å². The average molecular weight is 298 g/mol. The SMILES string of the molecule is Oc1cccc(CN2CCn3c(nnc3C(F)(F)F)C2)c1. The Balaban J connectivity index is 1.75. The lowest BCUT2D eigenvalue weighted by Gasteiger charge is -2.27. The number of phenols is 1. The smallest absolute Gasteiger partial charge is 0.451 e. The van der Waals surface area contributed by atoms with Crippen LogP contribution in [-0.2, 0) is 25.8 Å². The zero-order valence-electron chi connectivity index (χ0n) is 11.0. The minimum Gasteiger partial charge on any atom is -0.508 e. The average Bonchev–Trinajstić information content (AvgIpc) is 2.81. The molecule has 0 aliphatic carbocycles. The number of aromatic nitrogens is 3. The van der Waals surface area contributed by atoms with Crippen LogP contribution in [0.5, 0.6) is 5.75 Å². The van der Waals surface area contributed by atoms with E-state index in [2.05, 4.69) is 10.2 Å². The van der Waals surface area contributed by atoms with E-state index < -0.39 is 12.0 Å². The molecule has 0 radical (unpaired) electrons. The van der Waals surface area contributed by atoms with Gasteiger partial charge in [0.2, 0.25) is 5.82 Å². The van der Waals surface area contributed by atoms with Crippen LogP contribution >= 0.6 is 0 Å². The van der Waals surface area contributed by atoms with Gasteiger partial charge in [0, 0.05) is 19.6 Å². The van der Waals surface area contributed by atoms with Crippen molar-refractivity contribution in [1.29, 1.82) is 0 Å². The molecule has 0 fully saturated rings. The van der Waals surface area contributed by atoms with Gasteiger partial charge in [0.1, 0.15) is 11.6 Å². The monoisotopic (exact) mass is 298 g/mol. The molecule has 1 aliphatic rings. The van der Waals surface area contributed by atoms with Crippen molar-refractivity contribution in [2.24, 2.45) is 0 Å². The number of alkyl halides is 3. The molecular formula is C13H13F3N4O. The summed E-state index contributed by atoms with van der Waals surface area (Å²) in [6.07, 6.45) is -4.47. The van der Waals surface area contributed by atoms with Gasteiger partial charge < -0.3 is 9.67 Å². The summed E-state index contributed by atoms with van der Waals surface area (Å²) in [4.78, 5) is 1.97. The molecule has 0 saturated carbocycles. The number of rotatable bonds is 2. The number of fused-ring (bicyclic) bond motifs is 1. The van der Waals surface area contributed by atoms with Crippen molar-refractivity contribution in [3.63, 3.8) is 0 Å². The highest BCUT2D eigenvalue weighted by Crippen LogP contribution is 2.29. The Morgan fingerprint density at radius 1 is 1.19 bits per heavy atom. The first kappa shape index (κ1) is 13.9. The first-order valence-electron chi connectivity index (χ1n) is 6.43. The quantitative estimate of drug-likeness (QED) is 0.921. The van der Waals surface area contributed by atoms with Crippen molar-refractivity contribution in [2.45, 2.75) is 25.8 Å². The number of hydrogen-bond acceptors (Lipinski definition) is 4. The lowest BCUT2D eigenvalue weighted by molar-refractivity contribution is -0.148. The van der Waals surface area contributed by atoms with E-state index in [9.17, 15) is 18.3 Å². The molecule has 112 valence electrons. The zero-order valence-corrected chi connectivity index (χ0v) is 11.0. The standard InChI is InChI=1S/C13H13F3N4O/c14-13(15,16)12-18-17-11-8-19(4-5-20(11)12)7-9-2-1-3-10(21)6-9/h1-3,6,21H,4-5,7-8H2. The van der Waals surface area contributed by atoms with Crippen LogP contribution in [0.2, 0.25) is 0 Å². The Morgan fingerprint density at radius 2 is 2.00 bits per heavy atom. The topological polar surface area (TPSA) is 54.2 Å². The molecule has 1 aromatic heterocycles. The van der Waals surface area contributed by atoms with Crippen molar-refractivity contribution >= 4 is 0 Å². The summed E-state index contributed by atoms with van der Waals surface area (Å²) in [5.41, 5.74) is 0.902. The van der Waals surface area contributed by atoms with Gasteiger partial charge in [-0.1, -0.05) is 12.1 Å². The van der Waals surface area contributed by atoms with Gasteiger partial charge in [-0.15, -0.1) is 10.2 Å². The normalized spacial score (nSPS) is 16.0. The van der Waals surface area contributed by atoms with Crippen LogP contribution in [0, 0.1) is 0 Å². The molecule has 21 heavy (non-hydrogen) atoms. The molecule has 0 saturated heterocycles. The minimum absolute atomic E-state index is 0.173. The van der Waals surface area contributed by atoms with E-state index in [1.165, 1.54) is 0 Å². The Morgan fingerprint density at radius 3 is 2.71 bits per heavy atom. The van der Waals surface area contributed by atoms with Crippen molar-refractivity contribution in [2.75, 3.05) is 6.54 Å². The summed E-state index contributed by atoms with van der Waals surface area (Å²) in [6, 6.07) is 6.81. The number of nitrogens with zero attached hydrogens (tertiary/aromatic N) is 4. The maximum Gasteiger partial charge on any atom is 0.451 e. The Bertz CT molecular complexity index is 653. The van der Waals surface area contributed by atoms with Gasteiger partial charge in [-0.2, -0.15) is 13.2 Å². The van der Waals surface area contributed by atoms with E-state index in [1.54, 1.807) is 18.2 Å². The van der Waals surface area contributed by atoms with Crippen LogP contribution in [0.15, 0.2) is 24.3 Å². The second-order valence-corrected chi connectivity index (χ2v) is 4.97. The molecule has 2 heterocycles. The lowest BCUT2D eigenvalue weighted by atomic mass is 10.2. The highest BCUT2D eigenvalue weighted by Gasteiger charge is 2.39. The summed E-state index contributed by atoms with van der Waals surface area (Å²) in [5.74, 6) is -0.449. The minimum atomic E-state index is -4.47. The molecule has 0 amide bonds. The fourth-order valence-electron chi connectivity index (χ4n) is 2.47. The molecule has 0 unspecified atom stereocenters. The van der Waals surface area contributed by atoms with E-state index in [0.29, 0.717) is 25.5 Å². The zero-order chi connectivity index (χ0) is 15.0. The molecule has 8 heteroatoms. The fourth-order valence-corrected chi connectivity index (χ4v) is 2.47. The van der Waals surface area contributed by atoms with Crippen molar-refractivity contribution in [3.8, 4) is 5.75 Å². The van der Waals surface area contributed by atoms with Gasteiger partial charge in [-0.05, 0) is 17.7 Å². The van der Waals surface area contributed by atoms with Crippen LogP contribution in [-0.4, -0.2) is 31.3 Å². The maximum absolute atomic E-state index is 12.7. The molecule has 0 bridgehead atoms. The van der Waals surface area contributed by atoms with E-state index in [1.807, 2.05) is 11.0 Å². The van der Waals surface area contributed by atoms with E-state index in [0.717, 1.165) is 10.1 Å². The molecule has 3 rings (SSSR count). The molecule has 2 aromatic rings. The highest BCUT2D eigenvalue weighted by molar-refractivity contribution is 5.27. The maximum atomic E-state index is 12.7. The van der Waals surface area contributed by atoms with Gasteiger partial charge in [-0.25, -0.2) is 0 Å². The summed E-state index contributed by atoms with van der Waals surface area (Å²) in [5, 5.41) is 16.3. The largest absolute Gasteiger partial charge is 0.508 e. The first-order valence-corrected chi connectivity index (χ1v) is 6.43. The Kier molecular flexibility index (Phi) is 3.32. The summed E-state index contributed by atoms with van der Waals surface area (Å²) in [7, 11) is 0.